The predicted octanol–water partition coefficient (Wildman–Crippen LogP) is 3.38. The molecule has 0 aliphatic rings. The van der Waals surface area contributed by atoms with E-state index in [4.69, 9.17) is 4.43 Å². The van der Waals surface area contributed by atoms with Crippen molar-refractivity contribution in [3.63, 3.8) is 0 Å². The molecule has 98 valence electrons. The summed E-state index contributed by atoms with van der Waals surface area (Å²) >= 11 is 0. The zero-order valence-corrected chi connectivity index (χ0v) is 12.4. The first-order valence-electron chi connectivity index (χ1n) is 5.92. The summed E-state index contributed by atoms with van der Waals surface area (Å²) in [5, 5.41) is 0. The lowest BCUT2D eigenvalue weighted by molar-refractivity contribution is 0.0600. The SMILES string of the molecule is COC(=O)c1cccc(C/C=C\O[Si](C)(C)C)c1. The van der Waals surface area contributed by atoms with Crippen LogP contribution in [0.5, 0.6) is 0 Å². The summed E-state index contributed by atoms with van der Waals surface area (Å²) in [6.45, 7) is 6.40. The topological polar surface area (TPSA) is 35.5 Å². The Kier molecular flexibility index (Phi) is 5.16. The van der Waals surface area contributed by atoms with Crippen LogP contribution in [0, 0.1) is 0 Å². The average Bonchev–Trinajstić information content (AvgIpc) is 2.33. The Balaban J connectivity index is 2.60. The zero-order chi connectivity index (χ0) is 13.6. The fourth-order valence-corrected chi connectivity index (χ4v) is 1.88. The van der Waals surface area contributed by atoms with Gasteiger partial charge in [-0.1, -0.05) is 12.1 Å². The lowest BCUT2D eigenvalue weighted by Gasteiger charge is -2.14. The van der Waals surface area contributed by atoms with E-state index < -0.39 is 8.32 Å². The Bertz CT molecular complexity index is 433. The number of ether oxygens (including phenoxy) is 1. The van der Waals surface area contributed by atoms with E-state index >= 15 is 0 Å². The highest BCUT2D eigenvalue weighted by molar-refractivity contribution is 6.69. The van der Waals surface area contributed by atoms with Crippen molar-refractivity contribution in [1.82, 2.24) is 0 Å². The lowest BCUT2D eigenvalue weighted by atomic mass is 10.1. The van der Waals surface area contributed by atoms with Crippen LogP contribution in [0.25, 0.3) is 0 Å². The normalized spacial score (nSPS) is 11.6. The number of methoxy groups -OCH3 is 1. The summed E-state index contributed by atoms with van der Waals surface area (Å²) < 4.78 is 10.3. The van der Waals surface area contributed by atoms with Crippen molar-refractivity contribution in [3.05, 3.63) is 47.7 Å². The summed E-state index contributed by atoms with van der Waals surface area (Å²) in [5.41, 5.74) is 1.64. The molecule has 0 saturated heterocycles. The molecule has 0 N–H and O–H groups in total. The summed E-state index contributed by atoms with van der Waals surface area (Å²) in [5.74, 6) is -0.306. The van der Waals surface area contributed by atoms with Gasteiger partial charge in [-0.2, -0.15) is 0 Å². The third-order valence-corrected chi connectivity index (χ3v) is 3.06. The van der Waals surface area contributed by atoms with Gasteiger partial charge >= 0.3 is 5.97 Å². The minimum Gasteiger partial charge on any atom is -0.550 e. The Morgan fingerprint density at radius 2 is 2.06 bits per heavy atom. The number of esters is 1. The summed E-state index contributed by atoms with van der Waals surface area (Å²) in [6, 6.07) is 7.42. The highest BCUT2D eigenvalue weighted by Crippen LogP contribution is 2.09. The van der Waals surface area contributed by atoms with E-state index in [1.165, 1.54) is 7.11 Å². The zero-order valence-electron chi connectivity index (χ0n) is 11.4. The van der Waals surface area contributed by atoms with E-state index in [0.717, 1.165) is 12.0 Å². The minimum absolute atomic E-state index is 0.306. The predicted molar refractivity (Wildman–Crippen MR) is 75.1 cm³/mol. The molecule has 0 spiro atoms. The van der Waals surface area contributed by atoms with Gasteiger partial charge in [0.1, 0.15) is 0 Å². The third kappa shape index (κ3) is 5.18. The molecule has 1 aromatic rings. The van der Waals surface area contributed by atoms with Crippen LogP contribution < -0.4 is 0 Å². The van der Waals surface area contributed by atoms with Gasteiger partial charge < -0.3 is 9.16 Å². The van der Waals surface area contributed by atoms with Crippen LogP contribution in [-0.2, 0) is 15.6 Å². The van der Waals surface area contributed by atoms with Crippen molar-refractivity contribution in [1.29, 1.82) is 0 Å². The standard InChI is InChI=1S/C14H20O3Si/c1-16-14(15)13-9-5-7-12(11-13)8-6-10-17-18(2,3)4/h5-7,9-11H,8H2,1-4H3/b10-6-. The van der Waals surface area contributed by atoms with Crippen LogP contribution in [-0.4, -0.2) is 21.4 Å². The molecule has 0 aliphatic heterocycles. The molecule has 0 aliphatic carbocycles. The quantitative estimate of drug-likeness (QED) is 0.464. The first-order chi connectivity index (χ1) is 8.42. The number of carbonyl (C=O) groups excluding carboxylic acids is 1. The van der Waals surface area contributed by atoms with Crippen molar-refractivity contribution in [3.8, 4) is 0 Å². The maximum absolute atomic E-state index is 11.4. The van der Waals surface area contributed by atoms with Gasteiger partial charge in [-0.05, 0) is 49.8 Å². The van der Waals surface area contributed by atoms with Gasteiger partial charge in [0.25, 0.3) is 0 Å². The van der Waals surface area contributed by atoms with Crippen LogP contribution in [0.2, 0.25) is 19.6 Å². The maximum Gasteiger partial charge on any atom is 0.337 e. The van der Waals surface area contributed by atoms with E-state index in [-0.39, 0.29) is 5.97 Å². The first-order valence-corrected chi connectivity index (χ1v) is 9.33. The summed E-state index contributed by atoms with van der Waals surface area (Å²) in [7, 11) is -0.105. The second-order valence-electron chi connectivity index (χ2n) is 5.00. The molecule has 0 bridgehead atoms. The molecule has 0 aromatic heterocycles. The smallest absolute Gasteiger partial charge is 0.337 e. The van der Waals surface area contributed by atoms with E-state index in [2.05, 4.69) is 24.4 Å². The van der Waals surface area contributed by atoms with Crippen LogP contribution in [0.4, 0.5) is 0 Å². The molecule has 0 fully saturated rings. The van der Waals surface area contributed by atoms with Crippen molar-refractivity contribution in [2.24, 2.45) is 0 Å². The van der Waals surface area contributed by atoms with Gasteiger partial charge in [0, 0.05) is 0 Å². The molecule has 0 radical (unpaired) electrons. The van der Waals surface area contributed by atoms with Crippen molar-refractivity contribution >= 4 is 14.3 Å². The Labute approximate surface area is 110 Å². The fourth-order valence-electron chi connectivity index (χ4n) is 1.38. The number of allylic oxidation sites excluding steroid dienone is 1. The highest BCUT2D eigenvalue weighted by atomic mass is 28.4. The minimum atomic E-state index is -1.49. The number of carbonyl (C=O) groups is 1. The highest BCUT2D eigenvalue weighted by Gasteiger charge is 2.12. The second kappa shape index (κ2) is 6.40. The van der Waals surface area contributed by atoms with Gasteiger partial charge in [0.15, 0.2) is 0 Å². The van der Waals surface area contributed by atoms with Crippen molar-refractivity contribution in [2.75, 3.05) is 7.11 Å². The molecular formula is C14H20O3Si. The average molecular weight is 264 g/mol. The molecular weight excluding hydrogens is 244 g/mol. The Hall–Kier alpha value is -1.55. The van der Waals surface area contributed by atoms with Crippen LogP contribution in [0.15, 0.2) is 36.6 Å². The number of hydrogen-bond donors (Lipinski definition) is 0. The van der Waals surface area contributed by atoms with E-state index in [1.807, 2.05) is 24.3 Å². The summed E-state index contributed by atoms with van der Waals surface area (Å²) in [4.78, 5) is 11.4. The second-order valence-corrected chi connectivity index (χ2v) is 9.46. The lowest BCUT2D eigenvalue weighted by Crippen LogP contribution is -2.21. The molecule has 1 rings (SSSR count). The molecule has 18 heavy (non-hydrogen) atoms. The molecule has 3 nitrogen and oxygen atoms in total. The van der Waals surface area contributed by atoms with Gasteiger partial charge in [0.2, 0.25) is 8.32 Å². The van der Waals surface area contributed by atoms with E-state index in [0.29, 0.717) is 5.56 Å². The third-order valence-electron chi connectivity index (χ3n) is 2.22. The summed E-state index contributed by atoms with van der Waals surface area (Å²) in [6.07, 6.45) is 4.47. The van der Waals surface area contributed by atoms with Gasteiger partial charge in [0.05, 0.1) is 18.9 Å². The van der Waals surface area contributed by atoms with Crippen LogP contribution in [0.1, 0.15) is 15.9 Å². The number of rotatable bonds is 5. The maximum atomic E-state index is 11.4. The molecule has 1 aromatic carbocycles. The monoisotopic (exact) mass is 264 g/mol. The number of hydrogen-bond acceptors (Lipinski definition) is 3. The Morgan fingerprint density at radius 3 is 2.67 bits per heavy atom. The first kappa shape index (κ1) is 14.5. The van der Waals surface area contributed by atoms with E-state index in [9.17, 15) is 4.79 Å². The van der Waals surface area contributed by atoms with Gasteiger partial charge in [-0.3, -0.25) is 0 Å². The molecule has 0 saturated carbocycles. The van der Waals surface area contributed by atoms with Gasteiger partial charge in [-0.15, -0.1) is 0 Å². The fraction of sp³-hybridized carbons (Fsp3) is 0.357. The van der Waals surface area contributed by atoms with Crippen LogP contribution in [0.3, 0.4) is 0 Å². The molecule has 0 unspecified atom stereocenters. The molecule has 4 heteroatoms. The van der Waals surface area contributed by atoms with Crippen LogP contribution >= 0.6 is 0 Å². The molecule has 0 heterocycles. The number of benzene rings is 1. The molecule has 0 amide bonds. The Morgan fingerprint density at radius 1 is 1.33 bits per heavy atom. The largest absolute Gasteiger partial charge is 0.550 e. The van der Waals surface area contributed by atoms with Gasteiger partial charge in [-0.25, -0.2) is 4.79 Å². The van der Waals surface area contributed by atoms with Crippen molar-refractivity contribution < 1.29 is 14.0 Å². The molecule has 0 atom stereocenters. The van der Waals surface area contributed by atoms with Crippen molar-refractivity contribution in [2.45, 2.75) is 26.1 Å². The van der Waals surface area contributed by atoms with E-state index in [1.54, 1.807) is 12.3 Å².